The van der Waals surface area contributed by atoms with Crippen LogP contribution in [0.4, 0.5) is 0 Å². The van der Waals surface area contributed by atoms with Crippen molar-refractivity contribution in [3.63, 3.8) is 0 Å². The van der Waals surface area contributed by atoms with Gasteiger partial charge < -0.3 is 4.42 Å². The zero-order chi connectivity index (χ0) is 14.1. The number of rotatable bonds is 3. The number of benzene rings is 1. The Hall–Kier alpha value is -2.17. The third-order valence-electron chi connectivity index (χ3n) is 3.59. The van der Waals surface area contributed by atoms with E-state index in [1.165, 1.54) is 0 Å². The Bertz CT molecular complexity index is 743. The van der Waals surface area contributed by atoms with Crippen LogP contribution in [0, 0.1) is 13.8 Å². The number of nitrogens with two attached hydrogens (primary N) is 1. The lowest BCUT2D eigenvalue weighted by Gasteiger charge is -2.17. The van der Waals surface area contributed by atoms with E-state index in [0.29, 0.717) is 0 Å². The molecular weight excluding hydrogens is 250 g/mol. The molecule has 0 amide bonds. The van der Waals surface area contributed by atoms with Crippen molar-refractivity contribution in [3.05, 3.63) is 65.4 Å². The fourth-order valence-corrected chi connectivity index (χ4v) is 2.67. The van der Waals surface area contributed by atoms with E-state index in [4.69, 9.17) is 10.3 Å². The number of pyridine rings is 1. The van der Waals surface area contributed by atoms with Gasteiger partial charge in [0.1, 0.15) is 11.5 Å². The monoisotopic (exact) mass is 267 g/mol. The van der Waals surface area contributed by atoms with Gasteiger partial charge >= 0.3 is 0 Å². The smallest absolute Gasteiger partial charge is 0.106 e. The van der Waals surface area contributed by atoms with Crippen LogP contribution in [0.3, 0.4) is 0 Å². The minimum atomic E-state index is -0.111. The molecule has 3 N–H and O–H groups in total. The lowest BCUT2D eigenvalue weighted by Crippen LogP contribution is -2.29. The molecule has 0 bridgehead atoms. The first-order valence-corrected chi connectivity index (χ1v) is 6.56. The Morgan fingerprint density at radius 3 is 2.75 bits per heavy atom. The van der Waals surface area contributed by atoms with Crippen molar-refractivity contribution in [2.24, 2.45) is 5.84 Å². The number of hydrazine groups is 1. The number of nitrogens with one attached hydrogen (secondary N) is 1. The Kier molecular flexibility index (Phi) is 3.26. The van der Waals surface area contributed by atoms with Crippen LogP contribution in [0.2, 0.25) is 0 Å². The maximum Gasteiger partial charge on any atom is 0.106 e. The second-order valence-corrected chi connectivity index (χ2v) is 4.91. The van der Waals surface area contributed by atoms with Crippen LogP contribution >= 0.6 is 0 Å². The normalized spacial score (nSPS) is 12.8. The first-order chi connectivity index (χ1) is 9.70. The first-order valence-electron chi connectivity index (χ1n) is 6.56. The van der Waals surface area contributed by atoms with E-state index >= 15 is 0 Å². The van der Waals surface area contributed by atoms with Gasteiger partial charge in [-0.25, -0.2) is 5.43 Å². The second kappa shape index (κ2) is 5.07. The maximum absolute atomic E-state index is 5.79. The highest BCUT2D eigenvalue weighted by Crippen LogP contribution is 2.31. The Balaban J connectivity index is 2.19. The summed E-state index contributed by atoms with van der Waals surface area (Å²) in [6.45, 7) is 3.89. The molecule has 0 saturated carbocycles. The molecule has 4 nitrogen and oxygen atoms in total. The van der Waals surface area contributed by atoms with Gasteiger partial charge in [-0.15, -0.1) is 0 Å². The molecule has 1 aromatic carbocycles. The number of aromatic nitrogens is 1. The summed E-state index contributed by atoms with van der Waals surface area (Å²) in [6, 6.07) is 10.1. The number of hydrogen-bond acceptors (Lipinski definition) is 4. The molecule has 3 aromatic rings. The van der Waals surface area contributed by atoms with Gasteiger partial charge in [0.25, 0.3) is 0 Å². The average Bonchev–Trinajstić information content (AvgIpc) is 2.79. The van der Waals surface area contributed by atoms with Gasteiger partial charge in [0.15, 0.2) is 0 Å². The fraction of sp³-hybridized carbons (Fsp3) is 0.188. The van der Waals surface area contributed by atoms with E-state index < -0.39 is 0 Å². The molecule has 0 saturated heterocycles. The predicted octanol–water partition coefficient (Wildman–Crippen LogP) is 3.00. The highest BCUT2D eigenvalue weighted by atomic mass is 16.3. The lowest BCUT2D eigenvalue weighted by atomic mass is 9.95. The summed E-state index contributed by atoms with van der Waals surface area (Å²) in [4.78, 5) is 4.22. The second-order valence-electron chi connectivity index (χ2n) is 4.91. The highest BCUT2D eigenvalue weighted by molar-refractivity contribution is 5.85. The van der Waals surface area contributed by atoms with Crippen molar-refractivity contribution >= 4 is 10.8 Å². The standard InChI is InChI=1S/C16H17N3O/c1-10-8-14(11(2)20-10)16(19-17)13-5-3-4-12-6-7-18-9-15(12)13/h3-9,16,19H,17H2,1-2H3. The molecule has 102 valence electrons. The van der Waals surface area contributed by atoms with Crippen molar-refractivity contribution in [1.82, 2.24) is 10.4 Å². The summed E-state index contributed by atoms with van der Waals surface area (Å²) in [7, 11) is 0. The highest BCUT2D eigenvalue weighted by Gasteiger charge is 2.19. The van der Waals surface area contributed by atoms with Gasteiger partial charge in [0, 0.05) is 23.3 Å². The van der Waals surface area contributed by atoms with Crippen LogP contribution in [0.25, 0.3) is 10.8 Å². The van der Waals surface area contributed by atoms with Crippen LogP contribution < -0.4 is 11.3 Å². The molecule has 0 aliphatic rings. The Morgan fingerprint density at radius 2 is 2.05 bits per heavy atom. The number of fused-ring (bicyclic) bond motifs is 1. The molecular formula is C16H17N3O. The van der Waals surface area contributed by atoms with E-state index in [1.807, 2.05) is 38.2 Å². The Morgan fingerprint density at radius 1 is 1.20 bits per heavy atom. The summed E-state index contributed by atoms with van der Waals surface area (Å²) in [5, 5.41) is 2.24. The minimum Gasteiger partial charge on any atom is -0.466 e. The van der Waals surface area contributed by atoms with Crippen molar-refractivity contribution in [1.29, 1.82) is 0 Å². The molecule has 1 atom stereocenters. The molecule has 0 fully saturated rings. The van der Waals surface area contributed by atoms with Crippen molar-refractivity contribution in [2.45, 2.75) is 19.9 Å². The summed E-state index contributed by atoms with van der Waals surface area (Å²) in [6.07, 6.45) is 3.67. The molecule has 2 heterocycles. The van der Waals surface area contributed by atoms with Crippen LogP contribution in [-0.2, 0) is 0 Å². The summed E-state index contributed by atoms with van der Waals surface area (Å²) in [5.74, 6) is 7.56. The molecule has 0 spiro atoms. The fourth-order valence-electron chi connectivity index (χ4n) is 2.67. The zero-order valence-electron chi connectivity index (χ0n) is 11.6. The molecule has 0 aliphatic carbocycles. The van der Waals surface area contributed by atoms with Crippen molar-refractivity contribution < 1.29 is 4.42 Å². The largest absolute Gasteiger partial charge is 0.466 e. The predicted molar refractivity (Wildman–Crippen MR) is 79.1 cm³/mol. The molecule has 0 aliphatic heterocycles. The van der Waals surface area contributed by atoms with E-state index in [-0.39, 0.29) is 6.04 Å². The van der Waals surface area contributed by atoms with Gasteiger partial charge in [-0.3, -0.25) is 10.8 Å². The Labute approximate surface area is 117 Å². The van der Waals surface area contributed by atoms with Gasteiger partial charge in [-0.1, -0.05) is 18.2 Å². The average molecular weight is 267 g/mol. The van der Waals surface area contributed by atoms with Crippen molar-refractivity contribution in [2.75, 3.05) is 0 Å². The summed E-state index contributed by atoms with van der Waals surface area (Å²) in [5.41, 5.74) is 5.05. The van der Waals surface area contributed by atoms with Crippen LogP contribution in [0.1, 0.15) is 28.7 Å². The molecule has 3 rings (SSSR count). The lowest BCUT2D eigenvalue weighted by molar-refractivity contribution is 0.495. The molecule has 1 unspecified atom stereocenters. The van der Waals surface area contributed by atoms with E-state index in [9.17, 15) is 0 Å². The topological polar surface area (TPSA) is 64.1 Å². The van der Waals surface area contributed by atoms with Gasteiger partial charge in [-0.05, 0) is 36.9 Å². The van der Waals surface area contributed by atoms with Gasteiger partial charge in [0.05, 0.1) is 6.04 Å². The van der Waals surface area contributed by atoms with Crippen LogP contribution in [0.5, 0.6) is 0 Å². The molecule has 2 aromatic heterocycles. The number of furan rings is 1. The zero-order valence-corrected chi connectivity index (χ0v) is 11.6. The SMILES string of the molecule is Cc1cc(C(NN)c2cccc3ccncc23)c(C)o1. The third-order valence-corrected chi connectivity index (χ3v) is 3.59. The van der Waals surface area contributed by atoms with E-state index in [2.05, 4.69) is 22.5 Å². The van der Waals surface area contributed by atoms with Gasteiger partial charge in [0.2, 0.25) is 0 Å². The number of hydrogen-bond donors (Lipinski definition) is 2. The minimum absolute atomic E-state index is 0.111. The van der Waals surface area contributed by atoms with Gasteiger partial charge in [-0.2, -0.15) is 0 Å². The summed E-state index contributed by atoms with van der Waals surface area (Å²) < 4.78 is 5.62. The van der Waals surface area contributed by atoms with E-state index in [1.54, 1.807) is 6.20 Å². The van der Waals surface area contributed by atoms with Crippen LogP contribution in [-0.4, -0.2) is 4.98 Å². The number of nitrogens with zero attached hydrogens (tertiary/aromatic N) is 1. The van der Waals surface area contributed by atoms with E-state index in [0.717, 1.165) is 33.4 Å². The molecule has 4 heteroatoms. The molecule has 20 heavy (non-hydrogen) atoms. The molecule has 0 radical (unpaired) electrons. The quantitative estimate of drug-likeness (QED) is 0.565. The number of aryl methyl sites for hydroxylation is 2. The van der Waals surface area contributed by atoms with Crippen molar-refractivity contribution in [3.8, 4) is 0 Å². The third kappa shape index (κ3) is 2.09. The maximum atomic E-state index is 5.79. The summed E-state index contributed by atoms with van der Waals surface area (Å²) >= 11 is 0. The van der Waals surface area contributed by atoms with Crippen LogP contribution in [0.15, 0.2) is 47.1 Å². The first kappa shape index (κ1) is 12.8.